The topological polar surface area (TPSA) is 57.5 Å². The van der Waals surface area contributed by atoms with Crippen molar-refractivity contribution in [1.82, 2.24) is 0 Å². The van der Waals surface area contributed by atoms with E-state index in [2.05, 4.69) is 13.8 Å². The lowest BCUT2D eigenvalue weighted by Crippen LogP contribution is -2.30. The normalized spacial score (nSPS) is 14.7. The highest BCUT2D eigenvalue weighted by atomic mass is 16.4. The summed E-state index contributed by atoms with van der Waals surface area (Å²) in [4.78, 5) is 11.0. The van der Waals surface area contributed by atoms with Gasteiger partial charge in [0.25, 0.3) is 0 Å². The third-order valence-corrected chi connectivity index (χ3v) is 3.30. The molecule has 1 rings (SSSR count). The van der Waals surface area contributed by atoms with E-state index in [1.54, 1.807) is 0 Å². The molecule has 0 saturated carbocycles. The molecule has 0 aromatic heterocycles. The first-order valence-corrected chi connectivity index (χ1v) is 6.79. The lowest BCUT2D eigenvalue weighted by molar-refractivity contribution is -0.143. The molecule has 0 radical (unpaired) electrons. The minimum atomic E-state index is -1.28. The molecule has 0 fully saturated rings. The predicted molar refractivity (Wildman–Crippen MR) is 76.1 cm³/mol. The number of carbonyl (C=O) groups is 1. The molecule has 3 heteroatoms. The van der Waals surface area contributed by atoms with Gasteiger partial charge in [-0.3, -0.25) is 4.79 Å². The number of aliphatic hydroxyl groups is 1. The SMILES string of the molecule is CC(C)CC(O)(CC(=O)O)c1ccc(C(C)C)cc1. The van der Waals surface area contributed by atoms with Gasteiger partial charge in [0.15, 0.2) is 0 Å². The van der Waals surface area contributed by atoms with E-state index in [-0.39, 0.29) is 12.3 Å². The monoisotopic (exact) mass is 264 g/mol. The van der Waals surface area contributed by atoms with E-state index in [0.29, 0.717) is 17.9 Å². The molecule has 0 aliphatic carbocycles. The number of hydrogen-bond acceptors (Lipinski definition) is 2. The summed E-state index contributed by atoms with van der Waals surface area (Å²) >= 11 is 0. The summed E-state index contributed by atoms with van der Waals surface area (Å²) in [7, 11) is 0. The molecule has 0 saturated heterocycles. The fourth-order valence-electron chi connectivity index (χ4n) is 2.40. The van der Waals surface area contributed by atoms with Gasteiger partial charge >= 0.3 is 5.97 Å². The van der Waals surface area contributed by atoms with Gasteiger partial charge in [0.2, 0.25) is 0 Å². The molecule has 2 N–H and O–H groups in total. The second-order valence-corrected chi connectivity index (χ2v) is 5.98. The van der Waals surface area contributed by atoms with Crippen molar-refractivity contribution in [2.75, 3.05) is 0 Å². The summed E-state index contributed by atoms with van der Waals surface area (Å²) < 4.78 is 0. The highest BCUT2D eigenvalue weighted by Crippen LogP contribution is 2.33. The number of carboxylic acids is 1. The average molecular weight is 264 g/mol. The van der Waals surface area contributed by atoms with Crippen molar-refractivity contribution in [3.8, 4) is 0 Å². The average Bonchev–Trinajstić information content (AvgIpc) is 2.26. The Morgan fingerprint density at radius 3 is 2.05 bits per heavy atom. The van der Waals surface area contributed by atoms with Crippen molar-refractivity contribution in [1.29, 1.82) is 0 Å². The molecule has 0 heterocycles. The lowest BCUT2D eigenvalue weighted by Gasteiger charge is -2.29. The molecular formula is C16H24O3. The standard InChI is InChI=1S/C16H24O3/c1-11(2)9-16(19,10-15(17)18)14-7-5-13(6-8-14)12(3)4/h5-8,11-12,19H,9-10H2,1-4H3,(H,17,18). The molecule has 19 heavy (non-hydrogen) atoms. The zero-order valence-electron chi connectivity index (χ0n) is 12.2. The summed E-state index contributed by atoms with van der Waals surface area (Å²) in [5.41, 5.74) is 0.592. The van der Waals surface area contributed by atoms with E-state index in [9.17, 15) is 9.90 Å². The molecule has 106 valence electrons. The van der Waals surface area contributed by atoms with Crippen LogP contribution in [-0.2, 0) is 10.4 Å². The first-order chi connectivity index (χ1) is 8.74. The lowest BCUT2D eigenvalue weighted by atomic mass is 9.82. The van der Waals surface area contributed by atoms with E-state index in [1.807, 2.05) is 38.1 Å². The van der Waals surface area contributed by atoms with Crippen molar-refractivity contribution in [2.45, 2.75) is 52.1 Å². The van der Waals surface area contributed by atoms with Gasteiger partial charge in [-0.25, -0.2) is 0 Å². The van der Waals surface area contributed by atoms with Crippen LogP contribution in [-0.4, -0.2) is 16.2 Å². The second-order valence-electron chi connectivity index (χ2n) is 5.98. The first kappa shape index (κ1) is 15.7. The molecule has 1 unspecified atom stereocenters. The van der Waals surface area contributed by atoms with Crippen molar-refractivity contribution >= 4 is 5.97 Å². The van der Waals surface area contributed by atoms with Crippen molar-refractivity contribution < 1.29 is 15.0 Å². The molecule has 0 bridgehead atoms. The Labute approximate surface area is 115 Å². The summed E-state index contributed by atoms with van der Waals surface area (Å²) in [5.74, 6) is -0.322. The van der Waals surface area contributed by atoms with Crippen LogP contribution < -0.4 is 0 Å². The Hall–Kier alpha value is -1.35. The zero-order chi connectivity index (χ0) is 14.6. The highest BCUT2D eigenvalue weighted by Gasteiger charge is 2.32. The fraction of sp³-hybridized carbons (Fsp3) is 0.562. The van der Waals surface area contributed by atoms with Crippen LogP contribution in [0.1, 0.15) is 57.6 Å². The maximum absolute atomic E-state index is 11.0. The van der Waals surface area contributed by atoms with Crippen molar-refractivity contribution in [3.05, 3.63) is 35.4 Å². The molecule has 0 aliphatic rings. The number of benzene rings is 1. The van der Waals surface area contributed by atoms with Crippen LogP contribution in [0, 0.1) is 5.92 Å². The Kier molecular flexibility index (Phi) is 5.12. The minimum absolute atomic E-state index is 0.231. The zero-order valence-corrected chi connectivity index (χ0v) is 12.2. The Morgan fingerprint density at radius 2 is 1.68 bits per heavy atom. The molecule has 1 atom stereocenters. The van der Waals surface area contributed by atoms with Gasteiger partial charge in [-0.05, 0) is 29.4 Å². The first-order valence-electron chi connectivity index (χ1n) is 6.79. The van der Waals surface area contributed by atoms with Crippen molar-refractivity contribution in [3.63, 3.8) is 0 Å². The van der Waals surface area contributed by atoms with E-state index >= 15 is 0 Å². The Morgan fingerprint density at radius 1 is 1.16 bits per heavy atom. The van der Waals surface area contributed by atoms with Gasteiger partial charge in [-0.1, -0.05) is 52.0 Å². The third-order valence-electron chi connectivity index (χ3n) is 3.30. The van der Waals surface area contributed by atoms with Crippen molar-refractivity contribution in [2.24, 2.45) is 5.92 Å². The summed E-state index contributed by atoms with van der Waals surface area (Å²) in [6.07, 6.45) is 0.187. The van der Waals surface area contributed by atoms with E-state index < -0.39 is 11.6 Å². The Bertz CT molecular complexity index is 420. The van der Waals surface area contributed by atoms with E-state index in [1.165, 1.54) is 5.56 Å². The van der Waals surface area contributed by atoms with Crippen LogP contribution in [0.25, 0.3) is 0 Å². The largest absolute Gasteiger partial charge is 0.481 e. The maximum atomic E-state index is 11.0. The van der Waals surface area contributed by atoms with Crippen LogP contribution >= 0.6 is 0 Å². The van der Waals surface area contributed by atoms with Crippen LogP contribution in [0.3, 0.4) is 0 Å². The Balaban J connectivity index is 3.06. The van der Waals surface area contributed by atoms with Gasteiger partial charge in [0.05, 0.1) is 6.42 Å². The predicted octanol–water partition coefficient (Wildman–Crippen LogP) is 3.52. The number of carboxylic acid groups (broad SMARTS) is 1. The molecule has 0 spiro atoms. The second kappa shape index (κ2) is 6.20. The smallest absolute Gasteiger partial charge is 0.306 e. The highest BCUT2D eigenvalue weighted by molar-refractivity contribution is 5.68. The molecule has 0 aliphatic heterocycles. The summed E-state index contributed by atoms with van der Waals surface area (Å²) in [6.45, 7) is 8.17. The van der Waals surface area contributed by atoms with Gasteiger partial charge in [-0.15, -0.1) is 0 Å². The van der Waals surface area contributed by atoms with Crippen LogP contribution in [0.15, 0.2) is 24.3 Å². The molecule has 1 aromatic carbocycles. The summed E-state index contributed by atoms with van der Waals surface area (Å²) in [5, 5.41) is 19.7. The molecule has 3 nitrogen and oxygen atoms in total. The molecule has 1 aromatic rings. The van der Waals surface area contributed by atoms with E-state index in [4.69, 9.17) is 5.11 Å². The fourth-order valence-corrected chi connectivity index (χ4v) is 2.40. The molecule has 0 amide bonds. The minimum Gasteiger partial charge on any atom is -0.481 e. The molecular weight excluding hydrogens is 240 g/mol. The maximum Gasteiger partial charge on any atom is 0.306 e. The van der Waals surface area contributed by atoms with Crippen LogP contribution in [0.4, 0.5) is 0 Å². The third kappa shape index (κ3) is 4.35. The van der Waals surface area contributed by atoms with Crippen LogP contribution in [0.5, 0.6) is 0 Å². The number of hydrogen-bond donors (Lipinski definition) is 2. The van der Waals surface area contributed by atoms with Gasteiger partial charge < -0.3 is 10.2 Å². The quantitative estimate of drug-likeness (QED) is 0.826. The van der Waals surface area contributed by atoms with Gasteiger partial charge in [-0.2, -0.15) is 0 Å². The number of aliphatic carboxylic acids is 1. The van der Waals surface area contributed by atoms with Gasteiger partial charge in [0.1, 0.15) is 5.60 Å². The summed E-state index contributed by atoms with van der Waals surface area (Å²) in [6, 6.07) is 7.63. The number of rotatable bonds is 6. The van der Waals surface area contributed by atoms with Gasteiger partial charge in [0, 0.05) is 0 Å². The van der Waals surface area contributed by atoms with Crippen LogP contribution in [0.2, 0.25) is 0 Å². The van der Waals surface area contributed by atoms with E-state index in [0.717, 1.165) is 0 Å².